The number of benzene rings is 1. The van der Waals surface area contributed by atoms with Gasteiger partial charge in [0.2, 0.25) is 0 Å². The molecule has 0 amide bonds. The number of unbranched alkanes of at least 4 members (excludes halogenated alkanes) is 2. The van der Waals surface area contributed by atoms with Crippen LogP contribution in [0.3, 0.4) is 0 Å². The first kappa shape index (κ1) is 20.2. The Balaban J connectivity index is 1.32. The van der Waals surface area contributed by atoms with Crippen molar-refractivity contribution in [3.8, 4) is 0 Å². The number of hydrogen-bond donors (Lipinski definition) is 0. The van der Waals surface area contributed by atoms with E-state index in [2.05, 4.69) is 25.1 Å². The van der Waals surface area contributed by atoms with Crippen LogP contribution in [0.2, 0.25) is 0 Å². The molecule has 0 saturated heterocycles. The first-order chi connectivity index (χ1) is 13.8. The minimum atomic E-state index is 0.510. The summed E-state index contributed by atoms with van der Waals surface area (Å²) in [5.74, 6) is 4.14. The summed E-state index contributed by atoms with van der Waals surface area (Å²) in [6.07, 6.45) is 19.9. The molecule has 1 aromatic carbocycles. The molecule has 0 radical (unpaired) electrons. The van der Waals surface area contributed by atoms with E-state index < -0.39 is 0 Å². The van der Waals surface area contributed by atoms with E-state index in [0.29, 0.717) is 5.92 Å². The van der Waals surface area contributed by atoms with Gasteiger partial charge in [-0.1, -0.05) is 44.0 Å². The van der Waals surface area contributed by atoms with Crippen molar-refractivity contribution in [2.75, 3.05) is 0 Å². The fourth-order valence-corrected chi connectivity index (χ4v) is 6.64. The van der Waals surface area contributed by atoms with Crippen molar-refractivity contribution >= 4 is 0 Å². The maximum Gasteiger partial charge on any atom is 0.0829 e. The molecule has 3 unspecified atom stereocenters. The van der Waals surface area contributed by atoms with E-state index in [0.717, 1.165) is 30.0 Å². The summed E-state index contributed by atoms with van der Waals surface area (Å²) in [5.41, 5.74) is 4.86. The molecule has 0 bridgehead atoms. The van der Waals surface area contributed by atoms with Gasteiger partial charge in [-0.05, 0) is 117 Å². The molecule has 0 heterocycles. The minimum Gasteiger partial charge on any atom is -0.216 e. The molecule has 2 saturated carbocycles. The highest BCUT2D eigenvalue weighted by Crippen LogP contribution is 2.48. The van der Waals surface area contributed by atoms with Gasteiger partial charge >= 0.3 is 0 Å². The quantitative estimate of drug-likeness (QED) is 0.440. The van der Waals surface area contributed by atoms with Crippen LogP contribution in [0.4, 0.5) is 4.39 Å². The summed E-state index contributed by atoms with van der Waals surface area (Å²) >= 11 is 0. The number of fused-ring (bicyclic) bond motifs is 2. The van der Waals surface area contributed by atoms with E-state index in [9.17, 15) is 4.39 Å². The Morgan fingerprint density at radius 3 is 2.50 bits per heavy atom. The molecule has 2 fully saturated rings. The first-order valence-corrected chi connectivity index (χ1v) is 12.1. The number of aryl methyl sites for hydroxylation is 2. The second-order valence-corrected chi connectivity index (χ2v) is 10.0. The van der Waals surface area contributed by atoms with Crippen molar-refractivity contribution in [1.82, 2.24) is 0 Å². The normalized spacial score (nSPS) is 32.9. The van der Waals surface area contributed by atoms with Crippen LogP contribution < -0.4 is 0 Å². The summed E-state index contributed by atoms with van der Waals surface area (Å²) < 4.78 is 12.5. The highest BCUT2D eigenvalue weighted by atomic mass is 19.1. The van der Waals surface area contributed by atoms with Crippen LogP contribution in [0.5, 0.6) is 0 Å². The SMILES string of the molecule is CCCCCc1ccc2c(c1)CCC(C1CCC3C[C@H](C=CF)CC[C@@H]3C1)C2. The average molecular weight is 383 g/mol. The summed E-state index contributed by atoms with van der Waals surface area (Å²) in [6.45, 7) is 2.28. The molecular weight excluding hydrogens is 343 g/mol. The maximum absolute atomic E-state index is 12.5. The Morgan fingerprint density at radius 2 is 1.68 bits per heavy atom. The Hall–Kier alpha value is -1.11. The summed E-state index contributed by atoms with van der Waals surface area (Å²) in [4.78, 5) is 0. The van der Waals surface area contributed by atoms with E-state index in [1.165, 1.54) is 83.5 Å². The second kappa shape index (κ2) is 9.59. The highest BCUT2D eigenvalue weighted by Gasteiger charge is 2.38. The molecule has 0 aliphatic heterocycles. The van der Waals surface area contributed by atoms with Gasteiger partial charge in [0.1, 0.15) is 0 Å². The molecule has 0 N–H and O–H groups in total. The van der Waals surface area contributed by atoms with Crippen LogP contribution in [-0.2, 0) is 19.3 Å². The molecule has 1 aromatic rings. The third-order valence-electron chi connectivity index (χ3n) is 8.31. The number of allylic oxidation sites excluding steroid dienone is 1. The molecule has 4 rings (SSSR count). The molecule has 3 aliphatic rings. The van der Waals surface area contributed by atoms with Crippen LogP contribution in [0.15, 0.2) is 30.6 Å². The number of hydrogen-bond acceptors (Lipinski definition) is 0. The Morgan fingerprint density at radius 1 is 0.893 bits per heavy atom. The van der Waals surface area contributed by atoms with Gasteiger partial charge in [-0.25, -0.2) is 4.39 Å². The number of halogens is 1. The molecule has 0 aromatic heterocycles. The van der Waals surface area contributed by atoms with Gasteiger partial charge in [-0.15, -0.1) is 0 Å². The van der Waals surface area contributed by atoms with E-state index in [4.69, 9.17) is 0 Å². The maximum atomic E-state index is 12.5. The zero-order valence-corrected chi connectivity index (χ0v) is 17.8. The van der Waals surface area contributed by atoms with Gasteiger partial charge in [-0.2, -0.15) is 0 Å². The Kier molecular flexibility index (Phi) is 6.91. The molecule has 0 spiro atoms. The number of rotatable bonds is 6. The zero-order chi connectivity index (χ0) is 19.3. The van der Waals surface area contributed by atoms with Gasteiger partial charge in [0.15, 0.2) is 0 Å². The van der Waals surface area contributed by atoms with Crippen LogP contribution >= 0.6 is 0 Å². The Bertz CT molecular complexity index is 660. The topological polar surface area (TPSA) is 0 Å². The monoisotopic (exact) mass is 382 g/mol. The molecule has 0 nitrogen and oxygen atoms in total. The first-order valence-electron chi connectivity index (χ1n) is 12.1. The third kappa shape index (κ3) is 4.71. The Labute approximate surface area is 172 Å². The van der Waals surface area contributed by atoms with E-state index in [-0.39, 0.29) is 0 Å². The summed E-state index contributed by atoms with van der Waals surface area (Å²) in [5, 5.41) is 0. The van der Waals surface area contributed by atoms with Crippen molar-refractivity contribution in [3.63, 3.8) is 0 Å². The van der Waals surface area contributed by atoms with Gasteiger partial charge in [0, 0.05) is 0 Å². The van der Waals surface area contributed by atoms with Crippen LogP contribution in [0.1, 0.15) is 87.8 Å². The van der Waals surface area contributed by atoms with Crippen LogP contribution in [-0.4, -0.2) is 0 Å². The molecule has 3 aliphatic carbocycles. The van der Waals surface area contributed by atoms with Crippen LogP contribution in [0, 0.1) is 29.6 Å². The lowest BCUT2D eigenvalue weighted by molar-refractivity contribution is 0.0809. The predicted octanol–water partition coefficient (Wildman–Crippen LogP) is 7.84. The second-order valence-electron chi connectivity index (χ2n) is 10.0. The van der Waals surface area contributed by atoms with Crippen molar-refractivity contribution in [1.29, 1.82) is 0 Å². The summed E-state index contributed by atoms with van der Waals surface area (Å²) in [6, 6.07) is 7.40. The molecular formula is C27H39F. The summed E-state index contributed by atoms with van der Waals surface area (Å²) in [7, 11) is 0. The standard InChI is InChI=1S/C27H39F/c1-2-3-4-5-20-6-8-24-18-26(12-10-22(24)16-20)27-13-11-23-17-21(14-15-28)7-9-25(23)19-27/h6,8,14-16,21,23,25-27H,2-5,7,9-13,17-19H2,1H3/t21-,23?,25+,26?,27?/m0/s1. The van der Waals surface area contributed by atoms with Gasteiger partial charge in [-0.3, -0.25) is 0 Å². The van der Waals surface area contributed by atoms with Gasteiger partial charge < -0.3 is 0 Å². The van der Waals surface area contributed by atoms with Crippen molar-refractivity contribution < 1.29 is 4.39 Å². The zero-order valence-electron chi connectivity index (χ0n) is 17.8. The fraction of sp³-hybridized carbons (Fsp3) is 0.704. The lowest BCUT2D eigenvalue weighted by Crippen LogP contribution is -2.34. The molecule has 5 atom stereocenters. The van der Waals surface area contributed by atoms with Crippen molar-refractivity contribution in [2.24, 2.45) is 29.6 Å². The van der Waals surface area contributed by atoms with Crippen molar-refractivity contribution in [2.45, 2.75) is 90.4 Å². The van der Waals surface area contributed by atoms with Gasteiger partial charge in [0.25, 0.3) is 0 Å². The van der Waals surface area contributed by atoms with E-state index >= 15 is 0 Å². The lowest BCUT2D eigenvalue weighted by Gasteiger charge is -2.44. The van der Waals surface area contributed by atoms with E-state index in [1.54, 1.807) is 16.7 Å². The predicted molar refractivity (Wildman–Crippen MR) is 117 cm³/mol. The van der Waals surface area contributed by atoms with E-state index in [1.807, 2.05) is 6.08 Å². The largest absolute Gasteiger partial charge is 0.216 e. The molecule has 1 heteroatoms. The third-order valence-corrected chi connectivity index (χ3v) is 8.31. The average Bonchev–Trinajstić information content (AvgIpc) is 2.73. The minimum absolute atomic E-state index is 0.510. The lowest BCUT2D eigenvalue weighted by atomic mass is 9.61. The smallest absolute Gasteiger partial charge is 0.0829 e. The highest BCUT2D eigenvalue weighted by molar-refractivity contribution is 5.34. The molecule has 154 valence electrons. The van der Waals surface area contributed by atoms with Gasteiger partial charge in [0.05, 0.1) is 6.33 Å². The van der Waals surface area contributed by atoms with Crippen LogP contribution in [0.25, 0.3) is 0 Å². The fourth-order valence-electron chi connectivity index (χ4n) is 6.64. The van der Waals surface area contributed by atoms with Crippen molar-refractivity contribution in [3.05, 3.63) is 47.3 Å². The molecule has 28 heavy (non-hydrogen) atoms.